The van der Waals surface area contributed by atoms with E-state index in [4.69, 9.17) is 14.6 Å². The first-order chi connectivity index (χ1) is 11.9. The van der Waals surface area contributed by atoms with Gasteiger partial charge in [-0.3, -0.25) is 0 Å². The fraction of sp³-hybridized carbons (Fsp3) is 0.667. The Balaban J connectivity index is 2.03. The normalized spacial score (nSPS) is 32.4. The Morgan fingerprint density at radius 3 is 2.48 bits per heavy atom. The first-order valence-electron chi connectivity index (χ1n) is 8.71. The van der Waals surface area contributed by atoms with Crippen molar-refractivity contribution < 1.29 is 28.8 Å². The number of rotatable bonds is 6. The molecule has 4 atom stereocenters. The number of hydroxylamine groups is 3. The molecule has 0 aliphatic carbocycles. The maximum Gasteiger partial charge on any atom is 0.336 e. The first-order valence-corrected chi connectivity index (χ1v) is 8.71. The Hall–Kier alpha value is -1.70. The highest BCUT2D eigenvalue weighted by Crippen LogP contribution is 2.41. The summed E-state index contributed by atoms with van der Waals surface area (Å²) in [7, 11) is 0. The lowest BCUT2D eigenvalue weighted by Crippen LogP contribution is -2.48. The summed E-state index contributed by atoms with van der Waals surface area (Å²) in [5.74, 6) is -1.12. The third-order valence-electron chi connectivity index (χ3n) is 5.30. The van der Waals surface area contributed by atoms with Crippen molar-refractivity contribution in [2.75, 3.05) is 26.3 Å². The van der Waals surface area contributed by atoms with Crippen LogP contribution in [0.5, 0.6) is 0 Å². The first kappa shape index (κ1) is 19.6. The monoisotopic (exact) mass is 353 g/mol. The molecule has 0 aromatic heterocycles. The van der Waals surface area contributed by atoms with Crippen molar-refractivity contribution in [3.05, 3.63) is 28.5 Å². The van der Waals surface area contributed by atoms with Crippen molar-refractivity contribution in [1.82, 2.24) is 0 Å². The number of carbonyl (C=O) groups excluding carboxylic acids is 2. The van der Waals surface area contributed by atoms with Crippen molar-refractivity contribution in [3.63, 3.8) is 0 Å². The van der Waals surface area contributed by atoms with E-state index in [0.717, 1.165) is 0 Å². The lowest BCUT2D eigenvalue weighted by molar-refractivity contribution is -0.882. The van der Waals surface area contributed by atoms with Crippen LogP contribution in [0, 0.1) is 11.1 Å². The molecule has 7 heteroatoms. The summed E-state index contributed by atoms with van der Waals surface area (Å²) in [5.41, 5.74) is 0.705. The number of carbonyl (C=O) groups is 2. The van der Waals surface area contributed by atoms with Crippen LogP contribution in [0.4, 0.5) is 0 Å². The van der Waals surface area contributed by atoms with Crippen molar-refractivity contribution in [2.45, 2.75) is 45.8 Å². The minimum absolute atomic E-state index is 0.0970. The van der Waals surface area contributed by atoms with Crippen LogP contribution in [0.25, 0.3) is 0 Å². The number of hydrogen-bond donors (Lipinski definition) is 1. The SMILES string of the molecule is C/C=C(/C)C(=O)O[C@@H]1CC[N+]2([O-])CC[C@@H](COC(=O)/C(=C/C)CO)[C@H]12. The summed E-state index contributed by atoms with van der Waals surface area (Å²) in [6, 6.07) is -0.399. The maximum absolute atomic E-state index is 12.9. The average Bonchev–Trinajstić information content (AvgIpc) is 3.09. The quantitative estimate of drug-likeness (QED) is 0.336. The molecule has 0 bridgehead atoms. The Morgan fingerprint density at radius 2 is 1.88 bits per heavy atom. The van der Waals surface area contributed by atoms with Gasteiger partial charge in [-0.05, 0) is 20.8 Å². The van der Waals surface area contributed by atoms with E-state index in [9.17, 15) is 14.8 Å². The van der Waals surface area contributed by atoms with Crippen LogP contribution < -0.4 is 0 Å². The number of fused-ring (bicyclic) bond motifs is 1. The summed E-state index contributed by atoms with van der Waals surface area (Å²) in [6.45, 7) is 5.67. The van der Waals surface area contributed by atoms with Crippen LogP contribution in [0.2, 0.25) is 0 Å². The molecule has 0 saturated carbocycles. The number of hydrogen-bond acceptors (Lipinski definition) is 6. The topological polar surface area (TPSA) is 95.9 Å². The molecule has 2 fully saturated rings. The number of aliphatic hydroxyl groups excluding tert-OH is 1. The smallest absolute Gasteiger partial charge is 0.336 e. The van der Waals surface area contributed by atoms with Gasteiger partial charge < -0.3 is 24.4 Å². The molecule has 0 aromatic rings. The van der Waals surface area contributed by atoms with Crippen LogP contribution in [-0.2, 0) is 19.1 Å². The van der Waals surface area contributed by atoms with Crippen molar-refractivity contribution in [3.8, 4) is 0 Å². The summed E-state index contributed by atoms with van der Waals surface area (Å²) in [4.78, 5) is 23.9. The molecule has 1 unspecified atom stereocenters. The van der Waals surface area contributed by atoms with Gasteiger partial charge in [0.25, 0.3) is 0 Å². The van der Waals surface area contributed by atoms with Gasteiger partial charge in [0.1, 0.15) is 12.6 Å². The molecule has 0 aromatic carbocycles. The largest absolute Gasteiger partial charge is 0.632 e. The van der Waals surface area contributed by atoms with Gasteiger partial charge in [-0.25, -0.2) is 9.59 Å². The summed E-state index contributed by atoms with van der Waals surface area (Å²) in [5, 5.41) is 22.0. The van der Waals surface area contributed by atoms with E-state index in [1.54, 1.807) is 26.8 Å². The third kappa shape index (κ3) is 4.11. The van der Waals surface area contributed by atoms with Gasteiger partial charge in [-0.15, -0.1) is 0 Å². The number of esters is 2. The van der Waals surface area contributed by atoms with Gasteiger partial charge in [-0.1, -0.05) is 12.2 Å². The van der Waals surface area contributed by atoms with Gasteiger partial charge >= 0.3 is 11.9 Å². The van der Waals surface area contributed by atoms with E-state index in [2.05, 4.69) is 0 Å². The van der Waals surface area contributed by atoms with Crippen molar-refractivity contribution in [1.29, 1.82) is 0 Å². The standard InChI is InChI=1S/C18H27NO6/c1-4-12(3)17(21)25-15-7-9-19(23)8-6-14(16(15)19)11-24-18(22)13(5-2)10-20/h4-5,14-16,20H,6-11H2,1-3H3/b12-4-,13-5+/t14-,15+,16+,19?/m0/s1. The highest BCUT2D eigenvalue weighted by Gasteiger charge is 2.54. The predicted octanol–water partition coefficient (Wildman–Crippen LogP) is 1.45. The van der Waals surface area contributed by atoms with Gasteiger partial charge in [0.15, 0.2) is 6.10 Å². The second kappa shape index (κ2) is 8.12. The highest BCUT2D eigenvalue weighted by atomic mass is 16.6. The zero-order valence-corrected chi connectivity index (χ0v) is 15.1. The summed E-state index contributed by atoms with van der Waals surface area (Å²) >= 11 is 0. The fourth-order valence-corrected chi connectivity index (χ4v) is 3.68. The van der Waals surface area contributed by atoms with E-state index in [1.807, 2.05) is 0 Å². The van der Waals surface area contributed by atoms with Crippen molar-refractivity contribution in [2.24, 2.45) is 5.92 Å². The molecular weight excluding hydrogens is 326 g/mol. The Morgan fingerprint density at radius 1 is 1.20 bits per heavy atom. The Kier molecular flexibility index (Phi) is 6.37. The second-order valence-corrected chi connectivity index (χ2v) is 6.71. The lowest BCUT2D eigenvalue weighted by atomic mass is 9.97. The van der Waals surface area contributed by atoms with E-state index in [1.165, 1.54) is 6.08 Å². The summed E-state index contributed by atoms with van der Waals surface area (Å²) in [6.07, 6.45) is 3.88. The number of aliphatic hydroxyl groups is 1. The van der Waals surface area contributed by atoms with Crippen molar-refractivity contribution >= 4 is 11.9 Å². The van der Waals surface area contributed by atoms with Crippen LogP contribution >= 0.6 is 0 Å². The van der Waals surface area contributed by atoms with Crippen LogP contribution in [0.3, 0.4) is 0 Å². The van der Waals surface area contributed by atoms with Crippen LogP contribution in [0.1, 0.15) is 33.6 Å². The predicted molar refractivity (Wildman–Crippen MR) is 91.0 cm³/mol. The number of nitrogens with zero attached hydrogens (tertiary/aromatic N) is 1. The zero-order chi connectivity index (χ0) is 18.6. The fourth-order valence-electron chi connectivity index (χ4n) is 3.68. The maximum atomic E-state index is 12.9. The number of ether oxygens (including phenoxy) is 2. The molecule has 140 valence electrons. The van der Waals surface area contributed by atoms with Gasteiger partial charge in [0.05, 0.1) is 31.2 Å². The number of allylic oxidation sites excluding steroid dienone is 2. The molecule has 2 heterocycles. The van der Waals surface area contributed by atoms with E-state index in [-0.39, 0.29) is 29.4 Å². The molecule has 0 radical (unpaired) electrons. The summed E-state index contributed by atoms with van der Waals surface area (Å²) < 4.78 is 10.4. The van der Waals surface area contributed by atoms with E-state index < -0.39 is 24.1 Å². The molecule has 2 aliphatic heterocycles. The molecule has 2 aliphatic rings. The van der Waals surface area contributed by atoms with E-state index >= 15 is 0 Å². The van der Waals surface area contributed by atoms with Gasteiger partial charge in [0.2, 0.25) is 0 Å². The molecule has 2 saturated heterocycles. The molecule has 2 rings (SSSR count). The molecular formula is C18H27NO6. The molecule has 25 heavy (non-hydrogen) atoms. The minimum atomic E-state index is -0.572. The van der Waals surface area contributed by atoms with Crippen LogP contribution in [-0.4, -0.2) is 60.1 Å². The Bertz CT molecular complexity index is 584. The van der Waals surface area contributed by atoms with Gasteiger partial charge in [0, 0.05) is 18.4 Å². The molecule has 1 N–H and O–H groups in total. The second-order valence-electron chi connectivity index (χ2n) is 6.71. The zero-order valence-electron chi connectivity index (χ0n) is 15.1. The highest BCUT2D eigenvalue weighted by molar-refractivity contribution is 5.88. The minimum Gasteiger partial charge on any atom is -0.632 e. The third-order valence-corrected chi connectivity index (χ3v) is 5.30. The Labute approximate surface area is 148 Å². The van der Waals surface area contributed by atoms with Gasteiger partial charge in [-0.2, -0.15) is 0 Å². The molecule has 0 spiro atoms. The van der Waals surface area contributed by atoms with E-state index in [0.29, 0.717) is 31.5 Å². The van der Waals surface area contributed by atoms with Crippen LogP contribution in [0.15, 0.2) is 23.3 Å². The molecule has 0 amide bonds. The number of quaternary nitrogens is 1. The lowest BCUT2D eigenvalue weighted by Gasteiger charge is -2.40. The molecule has 7 nitrogen and oxygen atoms in total. The average molecular weight is 353 g/mol.